The second kappa shape index (κ2) is 5.87. The molecule has 0 saturated carbocycles. The van der Waals surface area contributed by atoms with Crippen molar-refractivity contribution in [2.75, 3.05) is 13.1 Å². The molecule has 1 aliphatic heterocycles. The number of nitriles is 2. The van der Waals surface area contributed by atoms with Crippen molar-refractivity contribution < 1.29 is 0 Å². The maximum atomic E-state index is 9.02. The minimum absolute atomic E-state index is 0.110. The van der Waals surface area contributed by atoms with Gasteiger partial charge in [-0.25, -0.2) is 0 Å². The van der Waals surface area contributed by atoms with E-state index in [9.17, 15) is 0 Å². The van der Waals surface area contributed by atoms with Gasteiger partial charge in [-0.2, -0.15) is 10.5 Å². The van der Waals surface area contributed by atoms with E-state index < -0.39 is 0 Å². The lowest BCUT2D eigenvalue weighted by Gasteiger charge is -2.31. The lowest BCUT2D eigenvalue weighted by Crippen LogP contribution is -2.39. The Kier molecular flexibility index (Phi) is 4.77. The fourth-order valence-corrected chi connectivity index (χ4v) is 2.18. The smallest absolute Gasteiger partial charge is 0.0977 e. The van der Waals surface area contributed by atoms with Crippen LogP contribution in [0.15, 0.2) is 0 Å². The molecule has 0 N–H and O–H groups in total. The molecule has 0 aromatic heterocycles. The van der Waals surface area contributed by atoms with Crippen LogP contribution in [0.2, 0.25) is 0 Å². The number of hydrogen-bond acceptors (Lipinski definition) is 3. The largest absolute Gasteiger partial charge is 0.288 e. The zero-order valence-electron chi connectivity index (χ0n) is 10.4. The van der Waals surface area contributed by atoms with Crippen LogP contribution >= 0.6 is 0 Å². The summed E-state index contributed by atoms with van der Waals surface area (Å²) < 4.78 is 0. The van der Waals surface area contributed by atoms with Crippen molar-refractivity contribution in [2.24, 2.45) is 5.41 Å². The summed E-state index contributed by atoms with van der Waals surface area (Å²) in [7, 11) is 0. The van der Waals surface area contributed by atoms with Crippen LogP contribution in [0.25, 0.3) is 0 Å². The lowest BCUT2D eigenvalue weighted by atomic mass is 9.89. The Morgan fingerprint density at radius 3 is 2.69 bits per heavy atom. The van der Waals surface area contributed by atoms with Gasteiger partial charge in [0.25, 0.3) is 0 Å². The van der Waals surface area contributed by atoms with Gasteiger partial charge < -0.3 is 0 Å². The van der Waals surface area contributed by atoms with Gasteiger partial charge in [-0.05, 0) is 59.0 Å². The molecule has 88 valence electrons. The third-order valence-electron chi connectivity index (χ3n) is 3.31. The molecule has 3 heteroatoms. The second-order valence-corrected chi connectivity index (χ2v) is 5.28. The van der Waals surface area contributed by atoms with Gasteiger partial charge in [0, 0.05) is 0 Å². The van der Waals surface area contributed by atoms with Crippen LogP contribution in [-0.4, -0.2) is 24.0 Å². The normalized spacial score (nSPS) is 22.4. The summed E-state index contributed by atoms with van der Waals surface area (Å²) in [5, 5.41) is 17.9. The Hall–Kier alpha value is -1.06. The molecule has 0 aromatic rings. The van der Waals surface area contributed by atoms with Crippen molar-refractivity contribution in [3.63, 3.8) is 0 Å². The molecule has 1 saturated heterocycles. The first-order chi connectivity index (χ1) is 7.59. The summed E-state index contributed by atoms with van der Waals surface area (Å²) in [6.45, 7) is 5.96. The van der Waals surface area contributed by atoms with E-state index in [0.29, 0.717) is 0 Å². The van der Waals surface area contributed by atoms with E-state index in [4.69, 9.17) is 10.5 Å². The first kappa shape index (κ1) is 13.0. The van der Waals surface area contributed by atoms with E-state index in [1.165, 1.54) is 12.8 Å². The van der Waals surface area contributed by atoms with Crippen LogP contribution in [0.5, 0.6) is 0 Å². The van der Waals surface area contributed by atoms with Crippen molar-refractivity contribution >= 4 is 0 Å². The molecule has 1 fully saturated rings. The van der Waals surface area contributed by atoms with Gasteiger partial charge in [-0.3, -0.25) is 4.90 Å². The Morgan fingerprint density at radius 2 is 2.06 bits per heavy atom. The minimum Gasteiger partial charge on any atom is -0.288 e. The van der Waals surface area contributed by atoms with Gasteiger partial charge in [-0.1, -0.05) is 0 Å². The molecule has 1 heterocycles. The molecule has 0 amide bonds. The highest BCUT2D eigenvalue weighted by molar-refractivity contribution is 4.95. The van der Waals surface area contributed by atoms with E-state index in [-0.39, 0.29) is 11.5 Å². The SMILES string of the molecule is CC(C)(C#N)CCCN1CCCCC1C#N. The van der Waals surface area contributed by atoms with Crippen LogP contribution in [0.4, 0.5) is 0 Å². The van der Waals surface area contributed by atoms with Gasteiger partial charge in [0.15, 0.2) is 0 Å². The molecule has 0 bridgehead atoms. The Balaban J connectivity index is 2.32. The monoisotopic (exact) mass is 219 g/mol. The molecule has 3 nitrogen and oxygen atoms in total. The zero-order chi connectivity index (χ0) is 12.0. The van der Waals surface area contributed by atoms with Crippen molar-refractivity contribution in [1.29, 1.82) is 10.5 Å². The molecule has 0 radical (unpaired) electrons. The predicted octanol–water partition coefficient (Wildman–Crippen LogP) is 2.69. The fourth-order valence-electron chi connectivity index (χ4n) is 2.18. The van der Waals surface area contributed by atoms with Gasteiger partial charge in [-0.15, -0.1) is 0 Å². The maximum absolute atomic E-state index is 9.02. The number of piperidine rings is 1. The van der Waals surface area contributed by atoms with Crippen LogP contribution in [0.1, 0.15) is 46.0 Å². The summed E-state index contributed by atoms with van der Waals surface area (Å²) in [6.07, 6.45) is 5.33. The van der Waals surface area contributed by atoms with Gasteiger partial charge in [0.1, 0.15) is 0 Å². The van der Waals surface area contributed by atoms with Gasteiger partial charge in [0.05, 0.1) is 23.6 Å². The van der Waals surface area contributed by atoms with Crippen LogP contribution in [0.3, 0.4) is 0 Å². The maximum Gasteiger partial charge on any atom is 0.0977 e. The topological polar surface area (TPSA) is 50.8 Å². The van der Waals surface area contributed by atoms with E-state index in [0.717, 1.165) is 32.4 Å². The van der Waals surface area contributed by atoms with Crippen molar-refractivity contribution in [2.45, 2.75) is 52.0 Å². The first-order valence-electron chi connectivity index (χ1n) is 6.14. The molecule has 1 rings (SSSR count). The van der Waals surface area contributed by atoms with Crippen molar-refractivity contribution in [3.05, 3.63) is 0 Å². The zero-order valence-corrected chi connectivity index (χ0v) is 10.4. The molecule has 1 atom stereocenters. The number of hydrogen-bond donors (Lipinski definition) is 0. The number of likely N-dealkylation sites (tertiary alicyclic amines) is 1. The highest BCUT2D eigenvalue weighted by Crippen LogP contribution is 2.22. The number of rotatable bonds is 4. The lowest BCUT2D eigenvalue weighted by molar-refractivity contribution is 0.176. The Labute approximate surface area is 98.7 Å². The number of nitrogens with zero attached hydrogens (tertiary/aromatic N) is 3. The third kappa shape index (κ3) is 3.83. The van der Waals surface area contributed by atoms with E-state index in [1.807, 2.05) is 13.8 Å². The quantitative estimate of drug-likeness (QED) is 0.730. The van der Waals surface area contributed by atoms with Gasteiger partial charge >= 0.3 is 0 Å². The molecular formula is C13H21N3. The Morgan fingerprint density at radius 1 is 1.31 bits per heavy atom. The van der Waals surface area contributed by atoms with E-state index in [1.54, 1.807) is 0 Å². The Bertz CT molecular complexity index is 295. The molecule has 0 aromatic carbocycles. The molecular weight excluding hydrogens is 198 g/mol. The molecule has 16 heavy (non-hydrogen) atoms. The summed E-state index contributed by atoms with van der Waals surface area (Å²) in [5.74, 6) is 0. The van der Waals surface area contributed by atoms with Crippen LogP contribution in [0, 0.1) is 28.1 Å². The average molecular weight is 219 g/mol. The van der Waals surface area contributed by atoms with E-state index in [2.05, 4.69) is 17.0 Å². The fraction of sp³-hybridized carbons (Fsp3) is 0.846. The highest BCUT2D eigenvalue weighted by Gasteiger charge is 2.22. The highest BCUT2D eigenvalue weighted by atomic mass is 15.2. The first-order valence-corrected chi connectivity index (χ1v) is 6.14. The summed E-state index contributed by atoms with van der Waals surface area (Å²) in [5.41, 5.74) is -0.224. The van der Waals surface area contributed by atoms with Crippen LogP contribution in [-0.2, 0) is 0 Å². The predicted molar refractivity (Wildman–Crippen MR) is 63.5 cm³/mol. The third-order valence-corrected chi connectivity index (χ3v) is 3.31. The summed E-state index contributed by atoms with van der Waals surface area (Å²) >= 11 is 0. The van der Waals surface area contributed by atoms with Crippen LogP contribution < -0.4 is 0 Å². The average Bonchev–Trinajstić information content (AvgIpc) is 2.29. The molecule has 0 spiro atoms. The molecule has 1 aliphatic rings. The summed E-state index contributed by atoms with van der Waals surface area (Å²) in [6, 6.07) is 4.81. The minimum atomic E-state index is -0.224. The van der Waals surface area contributed by atoms with E-state index >= 15 is 0 Å². The molecule has 0 aliphatic carbocycles. The standard InChI is InChI=1S/C13H21N3/c1-13(2,11-15)7-5-9-16-8-4-3-6-12(16)10-14/h12H,3-9H2,1-2H3. The molecule has 1 unspecified atom stereocenters. The second-order valence-electron chi connectivity index (χ2n) is 5.28. The van der Waals surface area contributed by atoms with Crippen molar-refractivity contribution in [3.8, 4) is 12.1 Å². The summed E-state index contributed by atoms with van der Waals surface area (Å²) in [4.78, 5) is 2.27. The van der Waals surface area contributed by atoms with Crippen molar-refractivity contribution in [1.82, 2.24) is 4.90 Å². The van der Waals surface area contributed by atoms with Gasteiger partial charge in [0.2, 0.25) is 0 Å².